The first-order valence-electron chi connectivity index (χ1n) is 9.13. The molecule has 1 aromatic carbocycles. The van der Waals surface area contributed by atoms with Gasteiger partial charge in [-0.3, -0.25) is 4.79 Å². The molecule has 0 spiro atoms. The predicted octanol–water partition coefficient (Wildman–Crippen LogP) is 2.84. The summed E-state index contributed by atoms with van der Waals surface area (Å²) in [6, 6.07) is 12.6. The van der Waals surface area contributed by atoms with E-state index in [2.05, 4.69) is 41.1 Å². The van der Waals surface area contributed by atoms with Gasteiger partial charge in [0.25, 0.3) is 0 Å². The number of rotatable bonds is 3. The number of pyridine rings is 1. The van der Waals surface area contributed by atoms with Crippen LogP contribution in [0, 0.1) is 13.8 Å². The number of nitrogens with zero attached hydrogens (tertiary/aromatic N) is 4. The van der Waals surface area contributed by atoms with Gasteiger partial charge in [-0.25, -0.2) is 4.98 Å². The van der Waals surface area contributed by atoms with Crippen LogP contribution in [0.15, 0.2) is 48.8 Å². The summed E-state index contributed by atoms with van der Waals surface area (Å²) < 4.78 is 1.99. The van der Waals surface area contributed by atoms with Gasteiger partial charge in [0.1, 0.15) is 5.65 Å². The molecule has 0 unspecified atom stereocenters. The molecule has 5 heteroatoms. The number of anilines is 1. The molecule has 0 radical (unpaired) electrons. The molecule has 134 valence electrons. The van der Waals surface area contributed by atoms with Crippen molar-refractivity contribution in [3.63, 3.8) is 0 Å². The molecule has 1 aliphatic heterocycles. The normalized spacial score (nSPS) is 14.8. The molecular formula is C21H24N4O. The minimum atomic E-state index is 0.162. The summed E-state index contributed by atoms with van der Waals surface area (Å²) in [6.07, 6.45) is 4.30. The molecule has 0 bridgehead atoms. The third kappa shape index (κ3) is 3.29. The summed E-state index contributed by atoms with van der Waals surface area (Å²) in [4.78, 5) is 21.6. The fourth-order valence-electron chi connectivity index (χ4n) is 3.60. The molecule has 5 nitrogen and oxygen atoms in total. The van der Waals surface area contributed by atoms with E-state index in [1.54, 1.807) is 0 Å². The first kappa shape index (κ1) is 16.6. The van der Waals surface area contributed by atoms with E-state index >= 15 is 0 Å². The Morgan fingerprint density at radius 3 is 2.62 bits per heavy atom. The number of carbonyl (C=O) groups excluding carboxylic acids is 1. The number of imidazole rings is 1. The van der Waals surface area contributed by atoms with Gasteiger partial charge in [-0.05, 0) is 43.2 Å². The van der Waals surface area contributed by atoms with Gasteiger partial charge in [-0.1, -0.05) is 18.2 Å². The molecule has 1 amide bonds. The molecule has 1 aliphatic rings. The van der Waals surface area contributed by atoms with Crippen molar-refractivity contribution >= 4 is 17.2 Å². The van der Waals surface area contributed by atoms with Gasteiger partial charge in [0, 0.05) is 44.3 Å². The zero-order valence-electron chi connectivity index (χ0n) is 15.4. The van der Waals surface area contributed by atoms with Crippen molar-refractivity contribution in [2.45, 2.75) is 20.3 Å². The molecule has 0 aliphatic carbocycles. The molecule has 0 atom stereocenters. The lowest BCUT2D eigenvalue weighted by molar-refractivity contribution is -0.130. The monoisotopic (exact) mass is 348 g/mol. The zero-order valence-corrected chi connectivity index (χ0v) is 15.4. The molecular weight excluding hydrogens is 324 g/mol. The van der Waals surface area contributed by atoms with Crippen LogP contribution in [0.3, 0.4) is 0 Å². The van der Waals surface area contributed by atoms with Crippen LogP contribution in [0.2, 0.25) is 0 Å². The maximum absolute atomic E-state index is 12.7. The number of benzene rings is 1. The molecule has 4 rings (SSSR count). The first-order valence-corrected chi connectivity index (χ1v) is 9.13. The molecule has 26 heavy (non-hydrogen) atoms. The van der Waals surface area contributed by atoms with Crippen LogP contribution in [0.25, 0.3) is 5.65 Å². The number of carbonyl (C=O) groups is 1. The molecule has 0 saturated carbocycles. The Kier molecular flexibility index (Phi) is 4.37. The molecule has 3 aromatic rings. The summed E-state index contributed by atoms with van der Waals surface area (Å²) in [7, 11) is 0. The van der Waals surface area contributed by atoms with E-state index in [1.165, 1.54) is 11.3 Å². The van der Waals surface area contributed by atoms with Crippen molar-refractivity contribution in [2.75, 3.05) is 31.1 Å². The van der Waals surface area contributed by atoms with Crippen molar-refractivity contribution < 1.29 is 4.79 Å². The predicted molar refractivity (Wildman–Crippen MR) is 104 cm³/mol. The van der Waals surface area contributed by atoms with Crippen molar-refractivity contribution in [2.24, 2.45) is 0 Å². The van der Waals surface area contributed by atoms with Crippen LogP contribution >= 0.6 is 0 Å². The number of piperazine rings is 1. The maximum Gasteiger partial charge on any atom is 0.228 e. The highest BCUT2D eigenvalue weighted by Crippen LogP contribution is 2.18. The SMILES string of the molecule is Cc1cccc(N2CCN(C(=O)Cc3cn4cccc(C)c4n3)CC2)c1. The van der Waals surface area contributed by atoms with E-state index in [0.717, 1.165) is 43.1 Å². The van der Waals surface area contributed by atoms with E-state index in [1.807, 2.05) is 40.8 Å². The lowest BCUT2D eigenvalue weighted by Crippen LogP contribution is -2.49. The standard InChI is InChI=1S/C21H24N4O/c1-16-5-3-7-19(13-16)23-9-11-24(12-10-23)20(26)14-18-15-25-8-4-6-17(2)21(25)22-18/h3-8,13,15H,9-12,14H2,1-2H3. The van der Waals surface area contributed by atoms with Crippen LogP contribution in [-0.2, 0) is 11.2 Å². The molecule has 1 fully saturated rings. The largest absolute Gasteiger partial charge is 0.368 e. The Balaban J connectivity index is 1.39. The van der Waals surface area contributed by atoms with Gasteiger partial charge >= 0.3 is 0 Å². The number of amides is 1. The summed E-state index contributed by atoms with van der Waals surface area (Å²) in [5.41, 5.74) is 5.40. The Hall–Kier alpha value is -2.82. The zero-order chi connectivity index (χ0) is 18.1. The second-order valence-electron chi connectivity index (χ2n) is 7.04. The van der Waals surface area contributed by atoms with Gasteiger partial charge in [-0.15, -0.1) is 0 Å². The minimum absolute atomic E-state index is 0.162. The van der Waals surface area contributed by atoms with Crippen LogP contribution in [0.1, 0.15) is 16.8 Å². The summed E-state index contributed by atoms with van der Waals surface area (Å²) in [6.45, 7) is 7.43. The topological polar surface area (TPSA) is 40.9 Å². The van der Waals surface area contributed by atoms with E-state index in [9.17, 15) is 4.79 Å². The van der Waals surface area contributed by atoms with Crippen molar-refractivity contribution in [1.82, 2.24) is 14.3 Å². The summed E-state index contributed by atoms with van der Waals surface area (Å²) in [5.74, 6) is 0.162. The fourth-order valence-corrected chi connectivity index (χ4v) is 3.60. The third-order valence-electron chi connectivity index (χ3n) is 5.06. The number of fused-ring (bicyclic) bond motifs is 1. The highest BCUT2D eigenvalue weighted by molar-refractivity contribution is 5.79. The minimum Gasteiger partial charge on any atom is -0.368 e. The van der Waals surface area contributed by atoms with Crippen molar-refractivity contribution in [3.8, 4) is 0 Å². The third-order valence-corrected chi connectivity index (χ3v) is 5.06. The van der Waals surface area contributed by atoms with Crippen molar-refractivity contribution in [1.29, 1.82) is 0 Å². The lowest BCUT2D eigenvalue weighted by Gasteiger charge is -2.36. The molecule has 1 saturated heterocycles. The Morgan fingerprint density at radius 2 is 1.88 bits per heavy atom. The van der Waals surface area contributed by atoms with E-state index in [4.69, 9.17) is 0 Å². The van der Waals surface area contributed by atoms with E-state index in [0.29, 0.717) is 6.42 Å². The van der Waals surface area contributed by atoms with Crippen molar-refractivity contribution in [3.05, 3.63) is 65.6 Å². The van der Waals surface area contributed by atoms with Gasteiger partial charge in [0.2, 0.25) is 5.91 Å². The first-order chi connectivity index (χ1) is 12.6. The van der Waals surface area contributed by atoms with Gasteiger partial charge < -0.3 is 14.2 Å². The quantitative estimate of drug-likeness (QED) is 0.731. The van der Waals surface area contributed by atoms with E-state index in [-0.39, 0.29) is 5.91 Å². The Labute approximate surface area is 153 Å². The highest BCUT2D eigenvalue weighted by atomic mass is 16.2. The molecule has 2 aromatic heterocycles. The van der Waals surface area contributed by atoms with Gasteiger partial charge in [0.05, 0.1) is 12.1 Å². The smallest absolute Gasteiger partial charge is 0.228 e. The number of aryl methyl sites for hydroxylation is 2. The number of hydrogen-bond donors (Lipinski definition) is 0. The van der Waals surface area contributed by atoms with E-state index < -0.39 is 0 Å². The fraction of sp³-hybridized carbons (Fsp3) is 0.333. The highest BCUT2D eigenvalue weighted by Gasteiger charge is 2.22. The number of aromatic nitrogens is 2. The second kappa shape index (κ2) is 6.83. The molecule has 3 heterocycles. The average molecular weight is 348 g/mol. The summed E-state index contributed by atoms with van der Waals surface area (Å²) in [5, 5.41) is 0. The van der Waals surface area contributed by atoms with Crippen LogP contribution < -0.4 is 4.90 Å². The Bertz CT molecular complexity index is 938. The van der Waals surface area contributed by atoms with Gasteiger partial charge in [0.15, 0.2) is 0 Å². The summed E-state index contributed by atoms with van der Waals surface area (Å²) >= 11 is 0. The Morgan fingerprint density at radius 1 is 1.08 bits per heavy atom. The van der Waals surface area contributed by atoms with Crippen LogP contribution in [0.4, 0.5) is 5.69 Å². The van der Waals surface area contributed by atoms with Gasteiger partial charge in [-0.2, -0.15) is 0 Å². The van der Waals surface area contributed by atoms with Crippen LogP contribution in [-0.4, -0.2) is 46.4 Å². The lowest BCUT2D eigenvalue weighted by atomic mass is 10.2. The number of hydrogen-bond acceptors (Lipinski definition) is 3. The average Bonchev–Trinajstić information content (AvgIpc) is 3.06. The maximum atomic E-state index is 12.7. The second-order valence-corrected chi connectivity index (χ2v) is 7.04. The van der Waals surface area contributed by atoms with Crippen LogP contribution in [0.5, 0.6) is 0 Å². The molecule has 0 N–H and O–H groups in total.